The molecule has 1 saturated heterocycles. The molecular weight excluding hydrogens is 441 g/mol. The number of ether oxygens (including phenoxy) is 3. The van der Waals surface area contributed by atoms with Gasteiger partial charge in [-0.05, 0) is 44.2 Å². The Morgan fingerprint density at radius 1 is 1.24 bits per heavy atom. The molecule has 1 aliphatic heterocycles. The number of nitrogens with one attached hydrogen (secondary N) is 2. The number of nitrogens with zero attached hydrogens (tertiary/aromatic N) is 3. The Labute approximate surface area is 197 Å². The number of rotatable bonds is 7. The quantitative estimate of drug-likeness (QED) is 0.543. The summed E-state index contributed by atoms with van der Waals surface area (Å²) in [4.78, 5) is 27.9. The van der Waals surface area contributed by atoms with Gasteiger partial charge in [0.1, 0.15) is 5.82 Å². The second kappa shape index (κ2) is 9.86. The summed E-state index contributed by atoms with van der Waals surface area (Å²) >= 11 is 0. The number of imidazole rings is 1. The third kappa shape index (κ3) is 5.57. The molecule has 0 spiro atoms. The second-order valence-electron chi connectivity index (χ2n) is 8.92. The summed E-state index contributed by atoms with van der Waals surface area (Å²) in [6, 6.07) is 8.04. The van der Waals surface area contributed by atoms with Crippen molar-refractivity contribution < 1.29 is 23.4 Å². The SMILES string of the molecule is CC(=O)NCC1(C)COC(c2nc(-c3ccc(F)cc3)c(-c3ccnc(OC(C)C)n3)[nH]2)OC1. The molecule has 3 aromatic rings. The van der Waals surface area contributed by atoms with E-state index in [4.69, 9.17) is 19.2 Å². The van der Waals surface area contributed by atoms with Crippen LogP contribution < -0.4 is 10.1 Å². The molecule has 1 aliphatic rings. The van der Waals surface area contributed by atoms with Crippen LogP contribution in [-0.2, 0) is 14.3 Å². The first-order valence-electron chi connectivity index (χ1n) is 11.1. The number of aromatic nitrogens is 4. The predicted molar refractivity (Wildman–Crippen MR) is 122 cm³/mol. The third-order valence-corrected chi connectivity index (χ3v) is 5.22. The molecule has 1 amide bonds. The average Bonchev–Trinajstić information content (AvgIpc) is 3.24. The fourth-order valence-corrected chi connectivity index (χ4v) is 3.49. The summed E-state index contributed by atoms with van der Waals surface area (Å²) in [5, 5.41) is 2.81. The lowest BCUT2D eigenvalue weighted by Crippen LogP contribution is -2.45. The smallest absolute Gasteiger partial charge is 0.317 e. The van der Waals surface area contributed by atoms with E-state index in [0.29, 0.717) is 48.2 Å². The van der Waals surface area contributed by atoms with Gasteiger partial charge < -0.3 is 24.5 Å². The minimum Gasteiger partial charge on any atom is -0.461 e. The molecule has 2 N–H and O–H groups in total. The van der Waals surface area contributed by atoms with Crippen LogP contribution in [0, 0.1) is 11.2 Å². The van der Waals surface area contributed by atoms with Gasteiger partial charge in [-0.2, -0.15) is 4.98 Å². The molecule has 2 aromatic heterocycles. The monoisotopic (exact) mass is 469 g/mol. The van der Waals surface area contributed by atoms with E-state index in [9.17, 15) is 9.18 Å². The van der Waals surface area contributed by atoms with E-state index in [-0.39, 0.29) is 29.3 Å². The first-order chi connectivity index (χ1) is 16.2. The van der Waals surface area contributed by atoms with E-state index in [1.807, 2.05) is 20.8 Å². The molecule has 0 aliphatic carbocycles. The van der Waals surface area contributed by atoms with Gasteiger partial charge in [-0.25, -0.2) is 14.4 Å². The highest BCUT2D eigenvalue weighted by molar-refractivity contribution is 5.76. The standard InChI is InChI=1S/C24H28FN5O4/c1-14(2)34-23-26-10-9-18(28-23)20-19(16-5-7-17(25)8-6-16)29-21(30-20)22-32-12-24(4,13-33-22)11-27-15(3)31/h5-10,14,22H,11-13H2,1-4H3,(H,27,31)(H,29,30). The van der Waals surface area contributed by atoms with Crippen molar-refractivity contribution in [3.8, 4) is 28.7 Å². The summed E-state index contributed by atoms with van der Waals surface area (Å²) in [5.74, 6) is 0.0163. The third-order valence-electron chi connectivity index (χ3n) is 5.22. The zero-order chi connectivity index (χ0) is 24.3. The van der Waals surface area contributed by atoms with E-state index >= 15 is 0 Å². The molecule has 0 saturated carbocycles. The van der Waals surface area contributed by atoms with Crippen LogP contribution in [0.25, 0.3) is 22.6 Å². The highest BCUT2D eigenvalue weighted by Crippen LogP contribution is 2.35. The Kier molecular flexibility index (Phi) is 6.90. The molecular formula is C24H28FN5O4. The largest absolute Gasteiger partial charge is 0.461 e. The molecule has 180 valence electrons. The molecule has 0 atom stereocenters. The highest BCUT2D eigenvalue weighted by atomic mass is 19.1. The Bertz CT molecular complexity index is 1140. The first-order valence-corrected chi connectivity index (χ1v) is 11.1. The van der Waals surface area contributed by atoms with Crippen LogP contribution in [-0.4, -0.2) is 51.7 Å². The number of halogens is 1. The molecule has 1 aromatic carbocycles. The van der Waals surface area contributed by atoms with E-state index in [1.54, 1.807) is 24.4 Å². The van der Waals surface area contributed by atoms with Crippen molar-refractivity contribution in [2.45, 2.75) is 40.1 Å². The molecule has 0 radical (unpaired) electrons. The molecule has 1 fully saturated rings. The number of carbonyl (C=O) groups is 1. The number of benzene rings is 1. The van der Waals surface area contributed by atoms with Crippen molar-refractivity contribution in [1.29, 1.82) is 0 Å². The van der Waals surface area contributed by atoms with Crippen LogP contribution in [0.15, 0.2) is 36.5 Å². The van der Waals surface area contributed by atoms with Gasteiger partial charge in [0.05, 0.1) is 36.4 Å². The Morgan fingerprint density at radius 3 is 2.59 bits per heavy atom. The van der Waals surface area contributed by atoms with E-state index in [1.165, 1.54) is 19.1 Å². The molecule has 4 rings (SSSR count). The number of hydrogen-bond acceptors (Lipinski definition) is 7. The van der Waals surface area contributed by atoms with Crippen LogP contribution in [0.3, 0.4) is 0 Å². The average molecular weight is 470 g/mol. The molecule has 0 unspecified atom stereocenters. The van der Waals surface area contributed by atoms with Crippen molar-refractivity contribution in [2.24, 2.45) is 5.41 Å². The minimum absolute atomic E-state index is 0.0833. The maximum absolute atomic E-state index is 13.6. The van der Waals surface area contributed by atoms with Crippen LogP contribution in [0.2, 0.25) is 0 Å². The number of hydrogen-bond donors (Lipinski definition) is 2. The van der Waals surface area contributed by atoms with Crippen molar-refractivity contribution in [2.75, 3.05) is 19.8 Å². The van der Waals surface area contributed by atoms with Gasteiger partial charge in [0.2, 0.25) is 12.2 Å². The summed E-state index contributed by atoms with van der Waals surface area (Å²) in [6.45, 7) is 8.44. The maximum atomic E-state index is 13.6. The van der Waals surface area contributed by atoms with E-state index < -0.39 is 6.29 Å². The van der Waals surface area contributed by atoms with Crippen LogP contribution >= 0.6 is 0 Å². The lowest BCUT2D eigenvalue weighted by Gasteiger charge is -2.36. The zero-order valence-corrected chi connectivity index (χ0v) is 19.6. The van der Waals surface area contributed by atoms with Crippen molar-refractivity contribution >= 4 is 5.91 Å². The summed E-state index contributed by atoms with van der Waals surface area (Å²) in [7, 11) is 0. The highest BCUT2D eigenvalue weighted by Gasteiger charge is 2.35. The van der Waals surface area contributed by atoms with Gasteiger partial charge in [0.25, 0.3) is 0 Å². The van der Waals surface area contributed by atoms with Gasteiger partial charge in [0.15, 0.2) is 5.82 Å². The normalized spacial score (nSPS) is 20.4. The van der Waals surface area contributed by atoms with E-state index in [2.05, 4.69) is 20.3 Å². The molecule has 34 heavy (non-hydrogen) atoms. The minimum atomic E-state index is -0.730. The fourth-order valence-electron chi connectivity index (χ4n) is 3.49. The maximum Gasteiger partial charge on any atom is 0.317 e. The lowest BCUT2D eigenvalue weighted by atomic mass is 9.92. The molecule has 9 nitrogen and oxygen atoms in total. The molecule has 10 heteroatoms. The van der Waals surface area contributed by atoms with E-state index in [0.717, 1.165) is 0 Å². The molecule has 3 heterocycles. The fraction of sp³-hybridized carbons (Fsp3) is 0.417. The van der Waals surface area contributed by atoms with Crippen LogP contribution in [0.5, 0.6) is 6.01 Å². The Balaban J connectivity index is 1.64. The Hall–Kier alpha value is -3.37. The van der Waals surface area contributed by atoms with Crippen molar-refractivity contribution in [3.63, 3.8) is 0 Å². The van der Waals surface area contributed by atoms with Gasteiger partial charge in [-0.3, -0.25) is 4.79 Å². The second-order valence-corrected chi connectivity index (χ2v) is 8.92. The number of H-pyrrole nitrogens is 1. The first kappa shape index (κ1) is 23.8. The van der Waals surface area contributed by atoms with Gasteiger partial charge >= 0.3 is 6.01 Å². The summed E-state index contributed by atoms with van der Waals surface area (Å²) in [5.41, 5.74) is 2.09. The Morgan fingerprint density at radius 2 is 1.94 bits per heavy atom. The van der Waals surface area contributed by atoms with Crippen molar-refractivity contribution in [3.05, 3.63) is 48.2 Å². The summed E-state index contributed by atoms with van der Waals surface area (Å²) in [6.07, 6.45) is 0.794. The summed E-state index contributed by atoms with van der Waals surface area (Å²) < 4.78 is 31.1. The predicted octanol–water partition coefficient (Wildman–Crippen LogP) is 3.65. The van der Waals surface area contributed by atoms with Crippen LogP contribution in [0.1, 0.15) is 39.8 Å². The zero-order valence-electron chi connectivity index (χ0n) is 19.6. The number of aromatic amines is 1. The number of amides is 1. The molecule has 0 bridgehead atoms. The number of carbonyl (C=O) groups excluding carboxylic acids is 1. The topological polar surface area (TPSA) is 111 Å². The van der Waals surface area contributed by atoms with Gasteiger partial charge in [0, 0.05) is 30.6 Å². The van der Waals surface area contributed by atoms with Gasteiger partial charge in [-0.1, -0.05) is 6.92 Å². The lowest BCUT2D eigenvalue weighted by molar-refractivity contribution is -0.232. The van der Waals surface area contributed by atoms with Crippen molar-refractivity contribution in [1.82, 2.24) is 25.3 Å². The van der Waals surface area contributed by atoms with Crippen LogP contribution in [0.4, 0.5) is 4.39 Å². The van der Waals surface area contributed by atoms with Gasteiger partial charge in [-0.15, -0.1) is 0 Å².